The number of carbonyl (C=O) groups excluding carboxylic acids is 1. The fraction of sp³-hybridized carbons (Fsp3) is 0.533. The highest BCUT2D eigenvalue weighted by Gasteiger charge is 2.32. The van der Waals surface area contributed by atoms with Gasteiger partial charge in [-0.05, 0) is 23.6 Å². The lowest BCUT2D eigenvalue weighted by Gasteiger charge is -2.30. The maximum atomic E-state index is 12.8. The zero-order chi connectivity index (χ0) is 15.6. The van der Waals surface area contributed by atoms with Crippen molar-refractivity contribution in [3.8, 4) is 0 Å². The second kappa shape index (κ2) is 7.33. The van der Waals surface area contributed by atoms with Gasteiger partial charge in [0.2, 0.25) is 5.91 Å². The molecule has 0 radical (unpaired) electrons. The molecule has 0 bridgehead atoms. The highest BCUT2D eigenvalue weighted by molar-refractivity contribution is 5.85. The van der Waals surface area contributed by atoms with Gasteiger partial charge in [-0.3, -0.25) is 4.79 Å². The van der Waals surface area contributed by atoms with Crippen LogP contribution in [0, 0.1) is 11.8 Å². The molecule has 1 aliphatic heterocycles. The van der Waals surface area contributed by atoms with Gasteiger partial charge < -0.3 is 10.6 Å². The number of hydrogen-bond donors (Lipinski definition) is 2. The van der Waals surface area contributed by atoms with E-state index >= 15 is 0 Å². The van der Waals surface area contributed by atoms with E-state index in [9.17, 15) is 18.0 Å². The molecule has 0 saturated carbocycles. The molecule has 2 N–H and O–H groups in total. The Morgan fingerprint density at radius 3 is 2.41 bits per heavy atom. The number of rotatable bonds is 4. The molecule has 124 valence electrons. The number of hydrogen-bond acceptors (Lipinski definition) is 2. The number of nitrogens with one attached hydrogen (secondary N) is 2. The van der Waals surface area contributed by atoms with Crippen LogP contribution >= 0.6 is 12.4 Å². The third kappa shape index (κ3) is 4.36. The third-order valence-electron chi connectivity index (χ3n) is 3.69. The van der Waals surface area contributed by atoms with Crippen LogP contribution in [0.3, 0.4) is 0 Å². The fourth-order valence-corrected chi connectivity index (χ4v) is 2.29. The minimum absolute atomic E-state index is 0. The van der Waals surface area contributed by atoms with E-state index in [2.05, 4.69) is 10.6 Å². The van der Waals surface area contributed by atoms with E-state index in [-0.39, 0.29) is 30.2 Å². The highest BCUT2D eigenvalue weighted by Crippen LogP contribution is 2.32. The Bertz CT molecular complexity index is 516. The molecule has 1 atom stereocenters. The second-order valence-electron chi connectivity index (χ2n) is 5.71. The number of alkyl halides is 3. The van der Waals surface area contributed by atoms with Gasteiger partial charge in [0.15, 0.2) is 0 Å². The van der Waals surface area contributed by atoms with E-state index in [1.165, 1.54) is 6.07 Å². The van der Waals surface area contributed by atoms with Crippen LogP contribution in [0.25, 0.3) is 0 Å². The normalized spacial score (nSPS) is 16.6. The van der Waals surface area contributed by atoms with Crippen LogP contribution in [0.5, 0.6) is 0 Å². The summed E-state index contributed by atoms with van der Waals surface area (Å²) >= 11 is 0. The average Bonchev–Trinajstić information content (AvgIpc) is 2.32. The lowest BCUT2D eigenvalue weighted by molar-refractivity contribution is -0.137. The summed E-state index contributed by atoms with van der Waals surface area (Å²) in [6.45, 7) is 5.01. The van der Waals surface area contributed by atoms with E-state index in [1.807, 2.05) is 13.8 Å². The molecule has 1 fully saturated rings. The van der Waals surface area contributed by atoms with Crippen molar-refractivity contribution in [1.29, 1.82) is 0 Å². The molecule has 0 spiro atoms. The Kier molecular flexibility index (Phi) is 6.26. The van der Waals surface area contributed by atoms with Gasteiger partial charge in [-0.1, -0.05) is 26.0 Å². The molecule has 7 heteroatoms. The van der Waals surface area contributed by atoms with E-state index in [4.69, 9.17) is 0 Å². The van der Waals surface area contributed by atoms with Crippen molar-refractivity contribution in [3.63, 3.8) is 0 Å². The minimum Gasteiger partial charge on any atom is -0.349 e. The Balaban J connectivity index is 0.00000242. The Morgan fingerprint density at radius 2 is 1.95 bits per heavy atom. The molecule has 22 heavy (non-hydrogen) atoms. The first-order valence-electron chi connectivity index (χ1n) is 6.97. The van der Waals surface area contributed by atoms with Gasteiger partial charge in [0.25, 0.3) is 0 Å². The molecule has 1 aliphatic rings. The Labute approximate surface area is 134 Å². The van der Waals surface area contributed by atoms with E-state index in [0.29, 0.717) is 18.7 Å². The fourth-order valence-electron chi connectivity index (χ4n) is 2.29. The smallest absolute Gasteiger partial charge is 0.349 e. The molecule has 1 aromatic rings. The van der Waals surface area contributed by atoms with Gasteiger partial charge in [-0.25, -0.2) is 0 Å². The van der Waals surface area contributed by atoms with Gasteiger partial charge in [0.1, 0.15) is 0 Å². The Morgan fingerprint density at radius 1 is 1.32 bits per heavy atom. The van der Waals surface area contributed by atoms with Crippen molar-refractivity contribution in [1.82, 2.24) is 10.6 Å². The van der Waals surface area contributed by atoms with Crippen molar-refractivity contribution in [2.75, 3.05) is 13.1 Å². The summed E-state index contributed by atoms with van der Waals surface area (Å²) in [4.78, 5) is 12.0. The average molecular weight is 337 g/mol. The molecule has 2 rings (SSSR count). The maximum absolute atomic E-state index is 12.8. The Hall–Kier alpha value is -1.27. The summed E-state index contributed by atoms with van der Waals surface area (Å²) < 4.78 is 38.4. The standard InChI is InChI=1S/C15H19F3N2O.ClH/c1-9(2)13(20-14(21)11-7-19-8-11)10-4-3-5-12(6-10)15(16,17)18;/h3-6,9,11,13,19H,7-8H2,1-2H3,(H,20,21);1H. The van der Waals surface area contributed by atoms with E-state index in [1.54, 1.807) is 6.07 Å². The van der Waals surface area contributed by atoms with E-state index in [0.717, 1.165) is 12.1 Å². The van der Waals surface area contributed by atoms with Gasteiger partial charge in [0.05, 0.1) is 17.5 Å². The predicted octanol–water partition coefficient (Wildman–Crippen LogP) is 3.16. The molecular formula is C15H20ClF3N2O. The largest absolute Gasteiger partial charge is 0.416 e. The zero-order valence-corrected chi connectivity index (χ0v) is 13.2. The maximum Gasteiger partial charge on any atom is 0.416 e. The summed E-state index contributed by atoms with van der Waals surface area (Å²) in [5.74, 6) is -0.188. The summed E-state index contributed by atoms with van der Waals surface area (Å²) in [7, 11) is 0. The van der Waals surface area contributed by atoms with Crippen molar-refractivity contribution in [3.05, 3.63) is 35.4 Å². The van der Waals surface area contributed by atoms with Crippen molar-refractivity contribution < 1.29 is 18.0 Å². The number of amides is 1. The molecule has 3 nitrogen and oxygen atoms in total. The zero-order valence-electron chi connectivity index (χ0n) is 12.4. The highest BCUT2D eigenvalue weighted by atomic mass is 35.5. The molecule has 1 heterocycles. The molecule has 1 saturated heterocycles. The SMILES string of the molecule is CC(C)C(NC(=O)C1CNC1)c1cccc(C(F)(F)F)c1.Cl. The van der Waals surface area contributed by atoms with Crippen LogP contribution in [0.2, 0.25) is 0 Å². The molecule has 1 unspecified atom stereocenters. The van der Waals surface area contributed by atoms with Crippen LogP contribution < -0.4 is 10.6 Å². The van der Waals surface area contributed by atoms with Crippen molar-refractivity contribution >= 4 is 18.3 Å². The van der Waals surface area contributed by atoms with Crippen LogP contribution in [0.15, 0.2) is 24.3 Å². The lowest BCUT2D eigenvalue weighted by atomic mass is 9.93. The first-order valence-corrected chi connectivity index (χ1v) is 6.97. The quantitative estimate of drug-likeness (QED) is 0.886. The van der Waals surface area contributed by atoms with Gasteiger partial charge in [0, 0.05) is 13.1 Å². The first kappa shape index (κ1) is 18.8. The van der Waals surface area contributed by atoms with Gasteiger partial charge in [-0.15, -0.1) is 12.4 Å². The summed E-state index contributed by atoms with van der Waals surface area (Å²) in [5.41, 5.74) is -0.203. The number of benzene rings is 1. The molecule has 1 aromatic carbocycles. The van der Waals surface area contributed by atoms with Crippen LogP contribution in [-0.2, 0) is 11.0 Å². The third-order valence-corrected chi connectivity index (χ3v) is 3.69. The van der Waals surface area contributed by atoms with Crippen LogP contribution in [-0.4, -0.2) is 19.0 Å². The molecular weight excluding hydrogens is 317 g/mol. The lowest BCUT2D eigenvalue weighted by Crippen LogP contribution is -2.51. The second-order valence-corrected chi connectivity index (χ2v) is 5.71. The van der Waals surface area contributed by atoms with Crippen LogP contribution in [0.1, 0.15) is 31.0 Å². The monoisotopic (exact) mass is 336 g/mol. The summed E-state index contributed by atoms with van der Waals surface area (Å²) in [6.07, 6.45) is -4.38. The number of carbonyl (C=O) groups is 1. The van der Waals surface area contributed by atoms with Crippen molar-refractivity contribution in [2.45, 2.75) is 26.1 Å². The molecule has 1 amide bonds. The first-order chi connectivity index (χ1) is 9.79. The van der Waals surface area contributed by atoms with Crippen molar-refractivity contribution in [2.24, 2.45) is 11.8 Å². The summed E-state index contributed by atoms with van der Waals surface area (Å²) in [5, 5.41) is 5.87. The topological polar surface area (TPSA) is 41.1 Å². The molecule has 0 aliphatic carbocycles. The number of halogens is 4. The minimum atomic E-state index is -4.38. The molecule has 0 aromatic heterocycles. The summed E-state index contributed by atoms with van der Waals surface area (Å²) in [6, 6.07) is 4.74. The predicted molar refractivity (Wildman–Crippen MR) is 80.8 cm³/mol. The van der Waals surface area contributed by atoms with Crippen LogP contribution in [0.4, 0.5) is 13.2 Å². The van der Waals surface area contributed by atoms with Gasteiger partial charge >= 0.3 is 6.18 Å². The van der Waals surface area contributed by atoms with E-state index < -0.39 is 17.8 Å². The van der Waals surface area contributed by atoms with Gasteiger partial charge in [-0.2, -0.15) is 13.2 Å².